The molecule has 0 saturated carbocycles. The summed E-state index contributed by atoms with van der Waals surface area (Å²) in [6, 6.07) is 2.89. The monoisotopic (exact) mass is 316 g/mol. The van der Waals surface area contributed by atoms with E-state index in [1.54, 1.807) is 13.8 Å². The zero-order chi connectivity index (χ0) is 16.4. The van der Waals surface area contributed by atoms with Crippen LogP contribution in [0.5, 0.6) is 11.5 Å². The van der Waals surface area contributed by atoms with Crippen LogP contribution >= 0.6 is 0 Å². The van der Waals surface area contributed by atoms with Crippen molar-refractivity contribution in [3.8, 4) is 11.5 Å². The molecule has 1 aromatic rings. The number of hydrogen-bond acceptors (Lipinski definition) is 5. The average molecular weight is 316 g/mol. The molecule has 0 aliphatic heterocycles. The van der Waals surface area contributed by atoms with Gasteiger partial charge in [0, 0.05) is 17.7 Å². The zero-order valence-electron chi connectivity index (χ0n) is 12.8. The van der Waals surface area contributed by atoms with Crippen LogP contribution in [-0.2, 0) is 20.0 Å². The second-order valence-corrected chi connectivity index (χ2v) is 7.41. The highest BCUT2D eigenvalue weighted by Gasteiger charge is 2.31. The molecule has 0 spiro atoms. The van der Waals surface area contributed by atoms with Crippen molar-refractivity contribution in [3.05, 3.63) is 17.7 Å². The fourth-order valence-electron chi connectivity index (χ4n) is 2.17. The first kappa shape index (κ1) is 17.3. The second kappa shape index (κ2) is 5.93. The summed E-state index contributed by atoms with van der Waals surface area (Å²) in [7, 11) is -0.693. The van der Waals surface area contributed by atoms with Crippen molar-refractivity contribution in [1.82, 2.24) is 0 Å². The Balaban J connectivity index is 3.66. The number of aliphatic carboxylic acids is 1. The molecule has 0 aliphatic rings. The largest absolute Gasteiger partial charge is 0.493 e. The molecule has 0 atom stereocenters. The molecule has 7 heteroatoms. The minimum absolute atomic E-state index is 0.0476. The van der Waals surface area contributed by atoms with E-state index in [4.69, 9.17) is 14.6 Å². The quantitative estimate of drug-likeness (QED) is 0.861. The molecular formula is C14H20O6S. The molecular weight excluding hydrogens is 296 g/mol. The van der Waals surface area contributed by atoms with Gasteiger partial charge in [0.2, 0.25) is 0 Å². The lowest BCUT2D eigenvalue weighted by Gasteiger charge is -2.26. The molecule has 0 unspecified atom stereocenters. The average Bonchev–Trinajstić information content (AvgIpc) is 2.34. The summed E-state index contributed by atoms with van der Waals surface area (Å²) in [5.74, 6) is -0.361. The molecule has 0 amide bonds. The van der Waals surface area contributed by atoms with Crippen molar-refractivity contribution in [3.63, 3.8) is 0 Å². The smallest absolute Gasteiger partial charge is 0.304 e. The predicted octanol–water partition coefficient (Wildman–Crippen LogP) is 1.86. The van der Waals surface area contributed by atoms with Crippen molar-refractivity contribution in [1.29, 1.82) is 0 Å². The molecule has 21 heavy (non-hydrogen) atoms. The van der Waals surface area contributed by atoms with E-state index >= 15 is 0 Å². The maximum atomic E-state index is 12.0. The van der Waals surface area contributed by atoms with E-state index in [1.165, 1.54) is 26.4 Å². The van der Waals surface area contributed by atoms with Crippen molar-refractivity contribution < 1.29 is 27.8 Å². The first-order chi connectivity index (χ1) is 9.52. The van der Waals surface area contributed by atoms with Crippen molar-refractivity contribution in [2.24, 2.45) is 0 Å². The van der Waals surface area contributed by atoms with Gasteiger partial charge in [0.15, 0.2) is 21.3 Å². The van der Waals surface area contributed by atoms with Crippen molar-refractivity contribution >= 4 is 15.8 Å². The van der Waals surface area contributed by atoms with Crippen LogP contribution in [0.3, 0.4) is 0 Å². The van der Waals surface area contributed by atoms with Gasteiger partial charge in [0.1, 0.15) is 0 Å². The lowest BCUT2D eigenvalue weighted by atomic mass is 9.81. The molecule has 0 fully saturated rings. The summed E-state index contributed by atoms with van der Waals surface area (Å²) in [4.78, 5) is 11.1. The Kier molecular flexibility index (Phi) is 4.88. The highest BCUT2D eigenvalue weighted by molar-refractivity contribution is 7.90. The van der Waals surface area contributed by atoms with Gasteiger partial charge in [0.25, 0.3) is 0 Å². The number of benzene rings is 1. The Hall–Kier alpha value is -1.76. The minimum Gasteiger partial charge on any atom is -0.493 e. The van der Waals surface area contributed by atoms with Gasteiger partial charge in [-0.25, -0.2) is 8.42 Å². The second-order valence-electron chi connectivity index (χ2n) is 5.43. The van der Waals surface area contributed by atoms with E-state index in [0.29, 0.717) is 11.3 Å². The number of carbonyl (C=O) groups is 1. The Morgan fingerprint density at radius 3 is 2.05 bits per heavy atom. The molecule has 1 N–H and O–H groups in total. The molecule has 1 aromatic carbocycles. The topological polar surface area (TPSA) is 89.9 Å². The van der Waals surface area contributed by atoms with Crippen LogP contribution in [0.1, 0.15) is 25.8 Å². The number of carboxylic acids is 1. The SMILES string of the molecule is COc1cc(C(C)(C)CC(=O)O)c(S(C)(=O)=O)cc1OC. The van der Waals surface area contributed by atoms with Crippen LogP contribution in [0.2, 0.25) is 0 Å². The fraction of sp³-hybridized carbons (Fsp3) is 0.500. The molecule has 6 nitrogen and oxygen atoms in total. The van der Waals surface area contributed by atoms with E-state index < -0.39 is 21.2 Å². The lowest BCUT2D eigenvalue weighted by molar-refractivity contribution is -0.138. The van der Waals surface area contributed by atoms with E-state index in [2.05, 4.69) is 0 Å². The Morgan fingerprint density at radius 2 is 1.67 bits per heavy atom. The van der Waals surface area contributed by atoms with Gasteiger partial charge in [-0.3, -0.25) is 4.79 Å². The van der Waals surface area contributed by atoms with Crippen LogP contribution in [0, 0.1) is 0 Å². The first-order valence-electron chi connectivity index (χ1n) is 6.21. The van der Waals surface area contributed by atoms with Gasteiger partial charge in [0.05, 0.1) is 25.5 Å². The number of carboxylic acid groups (broad SMARTS) is 1. The third-order valence-corrected chi connectivity index (χ3v) is 4.34. The summed E-state index contributed by atoms with van der Waals surface area (Å²) in [5.41, 5.74) is -0.478. The van der Waals surface area contributed by atoms with Gasteiger partial charge in [-0.15, -0.1) is 0 Å². The van der Waals surface area contributed by atoms with Crippen LogP contribution in [0.15, 0.2) is 17.0 Å². The maximum absolute atomic E-state index is 12.0. The molecule has 0 saturated heterocycles. The molecule has 0 radical (unpaired) electrons. The first-order valence-corrected chi connectivity index (χ1v) is 8.10. The molecule has 118 valence electrons. The van der Waals surface area contributed by atoms with Gasteiger partial charge < -0.3 is 14.6 Å². The molecule has 0 aliphatic carbocycles. The number of rotatable bonds is 6. The van der Waals surface area contributed by atoms with Crippen LogP contribution in [-0.4, -0.2) is 40.0 Å². The minimum atomic E-state index is -3.54. The zero-order valence-corrected chi connectivity index (χ0v) is 13.6. The highest BCUT2D eigenvalue weighted by atomic mass is 32.2. The third kappa shape index (κ3) is 3.87. The van der Waals surface area contributed by atoms with Crippen LogP contribution in [0.25, 0.3) is 0 Å². The van der Waals surface area contributed by atoms with E-state index in [-0.39, 0.29) is 17.1 Å². The molecule has 0 aromatic heterocycles. The van der Waals surface area contributed by atoms with Crippen LogP contribution < -0.4 is 9.47 Å². The Labute approximate surface area is 124 Å². The standard InChI is InChI=1S/C14H20O6S/c1-14(2,8-13(15)16)9-6-10(19-3)11(20-4)7-12(9)21(5,17)18/h6-7H,8H2,1-5H3,(H,15,16). The predicted molar refractivity (Wildman–Crippen MR) is 77.9 cm³/mol. The molecule has 1 rings (SSSR count). The maximum Gasteiger partial charge on any atom is 0.304 e. The Bertz CT molecular complexity index is 646. The van der Waals surface area contributed by atoms with Crippen LogP contribution in [0.4, 0.5) is 0 Å². The number of methoxy groups -OCH3 is 2. The summed E-state index contributed by atoms with van der Waals surface area (Å²) in [5, 5.41) is 9.03. The summed E-state index contributed by atoms with van der Waals surface area (Å²) in [6.45, 7) is 3.36. The third-order valence-electron chi connectivity index (χ3n) is 3.21. The number of hydrogen-bond donors (Lipinski definition) is 1. The van der Waals surface area contributed by atoms with Gasteiger partial charge in [-0.1, -0.05) is 13.8 Å². The number of sulfone groups is 1. The van der Waals surface area contributed by atoms with E-state index in [0.717, 1.165) is 6.26 Å². The summed E-state index contributed by atoms with van der Waals surface area (Å²) < 4.78 is 34.3. The van der Waals surface area contributed by atoms with E-state index in [9.17, 15) is 13.2 Å². The summed E-state index contributed by atoms with van der Waals surface area (Å²) >= 11 is 0. The summed E-state index contributed by atoms with van der Waals surface area (Å²) in [6.07, 6.45) is 0.875. The van der Waals surface area contributed by atoms with E-state index in [1.807, 2.05) is 0 Å². The van der Waals surface area contributed by atoms with Gasteiger partial charge >= 0.3 is 5.97 Å². The number of ether oxygens (including phenoxy) is 2. The van der Waals surface area contributed by atoms with Crippen molar-refractivity contribution in [2.75, 3.05) is 20.5 Å². The van der Waals surface area contributed by atoms with Gasteiger partial charge in [-0.2, -0.15) is 0 Å². The Morgan fingerprint density at radius 1 is 1.19 bits per heavy atom. The highest BCUT2D eigenvalue weighted by Crippen LogP contribution is 2.39. The molecule has 0 heterocycles. The normalized spacial score (nSPS) is 12.0. The molecule has 0 bridgehead atoms. The lowest BCUT2D eigenvalue weighted by Crippen LogP contribution is -2.24. The van der Waals surface area contributed by atoms with Crippen molar-refractivity contribution in [2.45, 2.75) is 30.6 Å². The fourth-order valence-corrected chi connectivity index (χ4v) is 3.23. The van der Waals surface area contributed by atoms with Gasteiger partial charge in [-0.05, 0) is 11.6 Å².